The van der Waals surface area contributed by atoms with E-state index < -0.39 is 0 Å². The normalized spacial score (nSPS) is 12.0. The highest BCUT2D eigenvalue weighted by molar-refractivity contribution is 7.80. The minimum Gasteiger partial charge on any atom is -0.345 e. The van der Waals surface area contributed by atoms with E-state index in [0.717, 1.165) is 16.0 Å². The van der Waals surface area contributed by atoms with Gasteiger partial charge in [-0.05, 0) is 49.6 Å². The first kappa shape index (κ1) is 14.7. The van der Waals surface area contributed by atoms with Gasteiger partial charge in [0.05, 0.1) is 6.04 Å². The largest absolute Gasteiger partial charge is 0.345 e. The van der Waals surface area contributed by atoms with Crippen LogP contribution in [0.1, 0.15) is 40.0 Å². The first-order valence-electron chi connectivity index (χ1n) is 6.65. The zero-order valence-electron chi connectivity index (χ0n) is 12.0. The van der Waals surface area contributed by atoms with Gasteiger partial charge in [-0.1, -0.05) is 30.3 Å². The molecular weight excluding hydrogens is 266 g/mol. The number of carbonyl (C=O) groups is 1. The molecule has 0 aromatic heterocycles. The van der Waals surface area contributed by atoms with Gasteiger partial charge in [0.2, 0.25) is 0 Å². The molecule has 0 radical (unpaired) electrons. The van der Waals surface area contributed by atoms with Gasteiger partial charge in [0, 0.05) is 10.5 Å². The summed E-state index contributed by atoms with van der Waals surface area (Å²) in [7, 11) is 0. The van der Waals surface area contributed by atoms with Crippen molar-refractivity contribution in [2.45, 2.75) is 31.7 Å². The van der Waals surface area contributed by atoms with Crippen molar-refractivity contribution in [2.24, 2.45) is 0 Å². The maximum absolute atomic E-state index is 12.4. The Labute approximate surface area is 125 Å². The Morgan fingerprint density at radius 2 is 1.80 bits per heavy atom. The quantitative estimate of drug-likeness (QED) is 0.817. The van der Waals surface area contributed by atoms with Gasteiger partial charge in [-0.25, -0.2) is 0 Å². The lowest BCUT2D eigenvalue weighted by Gasteiger charge is -2.17. The molecule has 2 aromatic rings. The highest BCUT2D eigenvalue weighted by Gasteiger charge is 2.14. The average molecular weight is 285 g/mol. The number of hydrogen-bond acceptors (Lipinski definition) is 2. The molecule has 0 spiro atoms. The van der Waals surface area contributed by atoms with Gasteiger partial charge in [-0.2, -0.15) is 0 Å². The molecule has 0 heterocycles. The molecule has 20 heavy (non-hydrogen) atoms. The van der Waals surface area contributed by atoms with Crippen LogP contribution in [0.4, 0.5) is 0 Å². The van der Waals surface area contributed by atoms with Gasteiger partial charge in [-0.15, -0.1) is 12.6 Å². The molecule has 1 amide bonds. The van der Waals surface area contributed by atoms with E-state index in [9.17, 15) is 4.79 Å². The van der Waals surface area contributed by atoms with Crippen LogP contribution >= 0.6 is 12.6 Å². The monoisotopic (exact) mass is 285 g/mol. The lowest BCUT2D eigenvalue weighted by atomic mass is 10.0. The lowest BCUT2D eigenvalue weighted by Crippen LogP contribution is -2.27. The number of thiol groups is 1. The SMILES string of the molecule is Cc1ccc(S)cc1C(=O)NC(C)c1ccccc1C. The molecule has 2 nitrogen and oxygen atoms in total. The standard InChI is InChI=1S/C17H19NOS/c1-11-6-4-5-7-15(11)13(3)18-17(19)16-10-14(20)9-8-12(16)2/h4-10,13,20H,1-3H3,(H,18,19). The van der Waals surface area contributed by atoms with Crippen molar-refractivity contribution < 1.29 is 4.79 Å². The Bertz CT molecular complexity index is 637. The molecule has 0 aliphatic heterocycles. The molecule has 0 aliphatic carbocycles. The summed E-state index contributed by atoms with van der Waals surface area (Å²) in [5.41, 5.74) is 3.95. The summed E-state index contributed by atoms with van der Waals surface area (Å²) in [6.45, 7) is 5.98. The van der Waals surface area contributed by atoms with Crippen LogP contribution < -0.4 is 5.32 Å². The van der Waals surface area contributed by atoms with Crippen molar-refractivity contribution >= 4 is 18.5 Å². The summed E-state index contributed by atoms with van der Waals surface area (Å²) >= 11 is 4.29. The first-order valence-corrected chi connectivity index (χ1v) is 7.10. The fourth-order valence-electron chi connectivity index (χ4n) is 2.28. The molecule has 2 aromatic carbocycles. The summed E-state index contributed by atoms with van der Waals surface area (Å²) in [6, 6.07) is 13.7. The van der Waals surface area contributed by atoms with Gasteiger partial charge >= 0.3 is 0 Å². The second-order valence-corrected chi connectivity index (χ2v) is 5.57. The molecule has 104 valence electrons. The van der Waals surface area contributed by atoms with Crippen LogP contribution in [0, 0.1) is 13.8 Å². The van der Waals surface area contributed by atoms with Gasteiger partial charge < -0.3 is 5.32 Å². The van der Waals surface area contributed by atoms with Gasteiger partial charge in [0.1, 0.15) is 0 Å². The Balaban J connectivity index is 2.20. The minimum absolute atomic E-state index is 0.0216. The number of amides is 1. The summed E-state index contributed by atoms with van der Waals surface area (Å²) < 4.78 is 0. The van der Waals surface area contributed by atoms with Crippen LogP contribution in [0.3, 0.4) is 0 Å². The zero-order valence-corrected chi connectivity index (χ0v) is 12.9. The summed E-state index contributed by atoms with van der Waals surface area (Å²) in [5.74, 6) is -0.0610. The van der Waals surface area contributed by atoms with E-state index in [1.54, 1.807) is 6.07 Å². The van der Waals surface area contributed by atoms with Crippen LogP contribution in [-0.4, -0.2) is 5.91 Å². The Hall–Kier alpha value is -1.74. The Morgan fingerprint density at radius 1 is 1.10 bits per heavy atom. The second kappa shape index (κ2) is 6.14. The number of nitrogens with one attached hydrogen (secondary N) is 1. The van der Waals surface area contributed by atoms with E-state index in [0.29, 0.717) is 5.56 Å². The maximum Gasteiger partial charge on any atom is 0.252 e. The van der Waals surface area contributed by atoms with Crippen LogP contribution in [0.2, 0.25) is 0 Å². The lowest BCUT2D eigenvalue weighted by molar-refractivity contribution is 0.0939. The number of aryl methyl sites for hydroxylation is 2. The van der Waals surface area contributed by atoms with Crippen molar-refractivity contribution in [1.82, 2.24) is 5.32 Å². The van der Waals surface area contributed by atoms with E-state index >= 15 is 0 Å². The van der Waals surface area contributed by atoms with Crippen LogP contribution in [-0.2, 0) is 0 Å². The van der Waals surface area contributed by atoms with Crippen LogP contribution in [0.5, 0.6) is 0 Å². The average Bonchev–Trinajstić information content (AvgIpc) is 2.41. The molecule has 0 fully saturated rings. The third-order valence-corrected chi connectivity index (χ3v) is 3.75. The Morgan fingerprint density at radius 3 is 2.50 bits per heavy atom. The van der Waals surface area contributed by atoms with E-state index in [-0.39, 0.29) is 11.9 Å². The topological polar surface area (TPSA) is 29.1 Å². The van der Waals surface area contributed by atoms with Crippen LogP contribution in [0.15, 0.2) is 47.4 Å². The predicted octanol–water partition coefficient (Wildman–Crippen LogP) is 4.08. The Kier molecular flexibility index (Phi) is 4.50. The molecule has 2 rings (SSSR count). The molecule has 0 saturated carbocycles. The van der Waals surface area contributed by atoms with E-state index in [1.807, 2.05) is 44.2 Å². The molecule has 0 aliphatic rings. The predicted molar refractivity (Wildman–Crippen MR) is 85.5 cm³/mol. The molecule has 1 N–H and O–H groups in total. The number of benzene rings is 2. The summed E-state index contributed by atoms with van der Waals surface area (Å²) in [6.07, 6.45) is 0. The second-order valence-electron chi connectivity index (χ2n) is 5.05. The highest BCUT2D eigenvalue weighted by Crippen LogP contribution is 2.19. The van der Waals surface area contributed by atoms with E-state index in [4.69, 9.17) is 0 Å². The molecular formula is C17H19NOS. The summed E-state index contributed by atoms with van der Waals surface area (Å²) in [4.78, 5) is 13.2. The van der Waals surface area contributed by atoms with E-state index in [1.165, 1.54) is 5.56 Å². The zero-order chi connectivity index (χ0) is 14.7. The fraction of sp³-hybridized carbons (Fsp3) is 0.235. The van der Waals surface area contributed by atoms with Crippen LogP contribution in [0.25, 0.3) is 0 Å². The smallest absolute Gasteiger partial charge is 0.252 e. The number of rotatable bonds is 3. The van der Waals surface area contributed by atoms with Crippen molar-refractivity contribution in [3.8, 4) is 0 Å². The van der Waals surface area contributed by atoms with Crippen molar-refractivity contribution in [1.29, 1.82) is 0 Å². The number of hydrogen-bond donors (Lipinski definition) is 2. The first-order chi connectivity index (χ1) is 9.49. The third kappa shape index (κ3) is 3.23. The van der Waals surface area contributed by atoms with Crippen molar-refractivity contribution in [3.63, 3.8) is 0 Å². The molecule has 3 heteroatoms. The molecule has 0 saturated heterocycles. The third-order valence-electron chi connectivity index (χ3n) is 3.47. The van der Waals surface area contributed by atoms with Crippen molar-refractivity contribution in [2.75, 3.05) is 0 Å². The minimum atomic E-state index is -0.0610. The van der Waals surface area contributed by atoms with Gasteiger partial charge in [-0.3, -0.25) is 4.79 Å². The molecule has 0 bridgehead atoms. The maximum atomic E-state index is 12.4. The number of carbonyl (C=O) groups excluding carboxylic acids is 1. The molecule has 1 atom stereocenters. The van der Waals surface area contributed by atoms with Gasteiger partial charge in [0.25, 0.3) is 5.91 Å². The molecule has 1 unspecified atom stereocenters. The summed E-state index contributed by atoms with van der Waals surface area (Å²) in [5, 5.41) is 3.05. The fourth-order valence-corrected chi connectivity index (χ4v) is 2.48. The van der Waals surface area contributed by atoms with Gasteiger partial charge in [0.15, 0.2) is 0 Å². The van der Waals surface area contributed by atoms with Crippen molar-refractivity contribution in [3.05, 3.63) is 64.7 Å². The van der Waals surface area contributed by atoms with E-state index in [2.05, 4.69) is 30.9 Å². The highest BCUT2D eigenvalue weighted by atomic mass is 32.1.